The molecule has 0 heterocycles. The average Bonchev–Trinajstić information content (AvgIpc) is 3.00. The number of halogens is 1. The summed E-state index contributed by atoms with van der Waals surface area (Å²) >= 11 is 0. The molecule has 0 bridgehead atoms. The third-order valence-corrected chi connectivity index (χ3v) is 4.47. The zero-order chi connectivity index (χ0) is 16.0. The maximum atomic E-state index is 13.2. The molecular weight excluding hydrogens is 283 g/mol. The van der Waals surface area contributed by atoms with Crippen LogP contribution in [0.5, 0.6) is 0 Å². The van der Waals surface area contributed by atoms with Crippen LogP contribution in [0.15, 0.2) is 24.3 Å². The lowest BCUT2D eigenvalue weighted by Gasteiger charge is -2.29. The van der Waals surface area contributed by atoms with Gasteiger partial charge in [-0.2, -0.15) is 0 Å². The summed E-state index contributed by atoms with van der Waals surface area (Å²) in [6, 6.07) is 6.32. The minimum atomic E-state index is -0.298. The quantitative estimate of drug-likeness (QED) is 0.811. The Morgan fingerprint density at radius 3 is 2.73 bits per heavy atom. The number of likely N-dealkylation sites (N-methyl/N-ethyl adjacent to an activating group) is 1. The molecule has 22 heavy (non-hydrogen) atoms. The fourth-order valence-corrected chi connectivity index (χ4v) is 3.05. The van der Waals surface area contributed by atoms with E-state index in [4.69, 9.17) is 0 Å². The highest BCUT2D eigenvalue weighted by Gasteiger charge is 2.33. The van der Waals surface area contributed by atoms with Gasteiger partial charge in [-0.15, -0.1) is 0 Å². The fraction of sp³-hybridized carbons (Fsp3) is 0.588. The Morgan fingerprint density at radius 2 is 2.14 bits per heavy atom. The van der Waals surface area contributed by atoms with E-state index < -0.39 is 0 Å². The molecule has 1 aliphatic carbocycles. The minimum Gasteiger partial charge on any atom is -0.394 e. The Morgan fingerprint density at radius 1 is 1.41 bits per heavy atom. The molecule has 1 aromatic rings. The molecule has 1 aliphatic rings. The summed E-state index contributed by atoms with van der Waals surface area (Å²) in [5.41, 5.74) is 0.487. The lowest BCUT2D eigenvalue weighted by Crippen LogP contribution is -2.50. The number of hydrogen-bond acceptors (Lipinski definition) is 3. The number of amides is 1. The molecule has 0 spiro atoms. The van der Waals surface area contributed by atoms with E-state index in [1.54, 1.807) is 11.0 Å². The number of nitrogens with one attached hydrogen (secondary N) is 1. The molecule has 4 nitrogen and oxygen atoms in total. The van der Waals surface area contributed by atoms with E-state index >= 15 is 0 Å². The summed E-state index contributed by atoms with van der Waals surface area (Å²) in [5, 5.41) is 12.8. The zero-order valence-electron chi connectivity index (χ0n) is 13.1. The van der Waals surface area contributed by atoms with Gasteiger partial charge in [0.05, 0.1) is 13.2 Å². The highest BCUT2D eigenvalue weighted by molar-refractivity contribution is 5.78. The van der Waals surface area contributed by atoms with Gasteiger partial charge in [0, 0.05) is 18.6 Å². The summed E-state index contributed by atoms with van der Waals surface area (Å²) in [7, 11) is 0. The van der Waals surface area contributed by atoms with Crippen molar-refractivity contribution in [3.8, 4) is 0 Å². The Kier molecular flexibility index (Phi) is 5.91. The molecule has 1 saturated carbocycles. The topological polar surface area (TPSA) is 52.6 Å². The molecule has 0 unspecified atom stereocenters. The first-order valence-electron chi connectivity index (χ1n) is 7.97. The molecule has 122 valence electrons. The smallest absolute Gasteiger partial charge is 0.236 e. The van der Waals surface area contributed by atoms with Crippen LogP contribution >= 0.6 is 0 Å². The van der Waals surface area contributed by atoms with Crippen molar-refractivity contribution >= 4 is 5.91 Å². The molecule has 5 heteroatoms. The highest BCUT2D eigenvalue weighted by atomic mass is 19.1. The largest absolute Gasteiger partial charge is 0.394 e. The molecule has 1 aromatic carbocycles. The molecule has 2 N–H and O–H groups in total. The van der Waals surface area contributed by atoms with Crippen LogP contribution in [0.25, 0.3) is 0 Å². The van der Waals surface area contributed by atoms with E-state index in [2.05, 4.69) is 5.32 Å². The van der Waals surface area contributed by atoms with Gasteiger partial charge in [-0.1, -0.05) is 25.0 Å². The molecule has 0 radical (unpaired) electrons. The van der Waals surface area contributed by atoms with E-state index in [0.29, 0.717) is 13.1 Å². The number of aliphatic hydroxyl groups excluding tert-OH is 1. The Labute approximate surface area is 131 Å². The summed E-state index contributed by atoms with van der Waals surface area (Å²) < 4.78 is 13.2. The molecule has 2 rings (SSSR count). The Balaban J connectivity index is 1.91. The summed E-state index contributed by atoms with van der Waals surface area (Å²) in [6.45, 7) is 3.17. The Bertz CT molecular complexity index is 501. The maximum absolute atomic E-state index is 13.2. The number of hydrogen-bond donors (Lipinski definition) is 2. The summed E-state index contributed by atoms with van der Waals surface area (Å²) in [5.74, 6) is -0.309. The van der Waals surface area contributed by atoms with E-state index in [0.717, 1.165) is 31.2 Å². The fourth-order valence-electron chi connectivity index (χ4n) is 3.05. The van der Waals surface area contributed by atoms with Crippen LogP contribution < -0.4 is 5.32 Å². The minimum absolute atomic E-state index is 0.0218. The number of benzene rings is 1. The number of rotatable bonds is 7. The van der Waals surface area contributed by atoms with Crippen LogP contribution in [0.4, 0.5) is 4.39 Å². The lowest BCUT2D eigenvalue weighted by atomic mass is 9.99. The van der Waals surface area contributed by atoms with Gasteiger partial charge in [0.1, 0.15) is 5.82 Å². The van der Waals surface area contributed by atoms with E-state index in [1.165, 1.54) is 12.1 Å². The van der Waals surface area contributed by atoms with Gasteiger partial charge < -0.3 is 15.3 Å². The maximum Gasteiger partial charge on any atom is 0.236 e. The van der Waals surface area contributed by atoms with Crippen LogP contribution in [-0.2, 0) is 11.3 Å². The molecule has 0 aromatic heterocycles. The number of nitrogens with zero attached hydrogens (tertiary/aromatic N) is 1. The van der Waals surface area contributed by atoms with Crippen molar-refractivity contribution in [3.63, 3.8) is 0 Å². The second-order valence-electron chi connectivity index (χ2n) is 6.04. The van der Waals surface area contributed by atoms with E-state index in [-0.39, 0.29) is 30.4 Å². The SMILES string of the molecule is CCN(Cc1cccc(F)c1)C(=O)CNC1(CO)CCCC1. The molecule has 0 atom stereocenters. The number of aliphatic hydroxyl groups is 1. The van der Waals surface area contributed by atoms with Crippen LogP contribution in [0.2, 0.25) is 0 Å². The Hall–Kier alpha value is -1.46. The van der Waals surface area contributed by atoms with Gasteiger partial charge >= 0.3 is 0 Å². The first kappa shape index (κ1) is 16.9. The lowest BCUT2D eigenvalue weighted by molar-refractivity contribution is -0.131. The van der Waals surface area contributed by atoms with Gasteiger partial charge in [-0.05, 0) is 37.5 Å². The van der Waals surface area contributed by atoms with Crippen molar-refractivity contribution in [1.29, 1.82) is 0 Å². The second kappa shape index (κ2) is 7.70. The number of carbonyl (C=O) groups excluding carboxylic acids is 1. The van der Waals surface area contributed by atoms with Crippen molar-refractivity contribution < 1.29 is 14.3 Å². The normalized spacial score (nSPS) is 16.7. The van der Waals surface area contributed by atoms with Gasteiger partial charge in [0.2, 0.25) is 5.91 Å². The standard InChI is InChI=1S/C17H25FN2O2/c1-2-20(12-14-6-5-7-15(18)10-14)16(22)11-19-17(13-21)8-3-4-9-17/h5-7,10,19,21H,2-4,8-9,11-13H2,1H3. The average molecular weight is 308 g/mol. The van der Waals surface area contributed by atoms with Crippen LogP contribution in [0.1, 0.15) is 38.2 Å². The van der Waals surface area contributed by atoms with E-state index in [1.807, 2.05) is 13.0 Å². The molecule has 1 fully saturated rings. The van der Waals surface area contributed by atoms with Crippen molar-refractivity contribution in [3.05, 3.63) is 35.6 Å². The first-order valence-corrected chi connectivity index (χ1v) is 7.97. The van der Waals surface area contributed by atoms with Crippen molar-refractivity contribution in [1.82, 2.24) is 10.2 Å². The second-order valence-corrected chi connectivity index (χ2v) is 6.04. The predicted molar refractivity (Wildman–Crippen MR) is 83.8 cm³/mol. The third-order valence-electron chi connectivity index (χ3n) is 4.47. The summed E-state index contributed by atoms with van der Waals surface area (Å²) in [4.78, 5) is 14.1. The van der Waals surface area contributed by atoms with Gasteiger partial charge in [-0.3, -0.25) is 4.79 Å². The monoisotopic (exact) mass is 308 g/mol. The molecule has 0 saturated heterocycles. The van der Waals surface area contributed by atoms with Crippen molar-refractivity contribution in [2.24, 2.45) is 0 Å². The van der Waals surface area contributed by atoms with Crippen LogP contribution in [0, 0.1) is 5.82 Å². The van der Waals surface area contributed by atoms with Gasteiger partial charge in [0.15, 0.2) is 0 Å². The predicted octanol–water partition coefficient (Wildman–Crippen LogP) is 2.07. The van der Waals surface area contributed by atoms with Crippen LogP contribution in [-0.4, -0.2) is 41.1 Å². The summed E-state index contributed by atoms with van der Waals surface area (Å²) in [6.07, 6.45) is 3.99. The van der Waals surface area contributed by atoms with Crippen molar-refractivity contribution in [2.45, 2.75) is 44.7 Å². The third kappa shape index (κ3) is 4.27. The van der Waals surface area contributed by atoms with Gasteiger partial charge in [-0.25, -0.2) is 4.39 Å². The molecule has 0 aliphatic heterocycles. The van der Waals surface area contributed by atoms with Crippen molar-refractivity contribution in [2.75, 3.05) is 19.7 Å². The number of carbonyl (C=O) groups is 1. The van der Waals surface area contributed by atoms with Gasteiger partial charge in [0.25, 0.3) is 0 Å². The highest BCUT2D eigenvalue weighted by Crippen LogP contribution is 2.28. The first-order chi connectivity index (χ1) is 10.6. The van der Waals surface area contributed by atoms with Crippen LogP contribution in [0.3, 0.4) is 0 Å². The molecule has 1 amide bonds. The zero-order valence-corrected chi connectivity index (χ0v) is 13.1. The molecular formula is C17H25FN2O2. The van der Waals surface area contributed by atoms with E-state index in [9.17, 15) is 14.3 Å².